The second-order valence-electron chi connectivity index (χ2n) is 18.9. The first-order valence-electron chi connectivity index (χ1n) is 21.3. The number of hydrogen-bond acceptors (Lipinski definition) is 11. The maximum atomic E-state index is 14.5. The Morgan fingerprint density at radius 1 is 0.885 bits per heavy atom. The van der Waals surface area contributed by atoms with E-state index in [-0.39, 0.29) is 41.4 Å². The number of rotatable bonds is 9. The van der Waals surface area contributed by atoms with Gasteiger partial charge in [0.15, 0.2) is 0 Å². The van der Waals surface area contributed by atoms with Gasteiger partial charge in [0.2, 0.25) is 11.8 Å². The Balaban J connectivity index is 0.850. The molecule has 2 aromatic carbocycles. The minimum Gasteiger partial charge on any atom is -0.489 e. The molecule has 9 rings (SSSR count). The summed E-state index contributed by atoms with van der Waals surface area (Å²) in [6.07, 6.45) is 5.40. The summed E-state index contributed by atoms with van der Waals surface area (Å²) in [6, 6.07) is 14.9. The second kappa shape index (κ2) is 15.1. The van der Waals surface area contributed by atoms with Crippen LogP contribution in [0.4, 0.5) is 11.5 Å². The molecule has 1 aliphatic carbocycles. The summed E-state index contributed by atoms with van der Waals surface area (Å²) in [5.74, 6) is -0.470. The molecule has 1 saturated carbocycles. The van der Waals surface area contributed by atoms with Crippen LogP contribution in [0.15, 0.2) is 54.7 Å². The van der Waals surface area contributed by atoms with Gasteiger partial charge in [0.1, 0.15) is 29.8 Å². The first kappa shape index (κ1) is 40.9. The summed E-state index contributed by atoms with van der Waals surface area (Å²) < 4.78 is 6.42. The van der Waals surface area contributed by atoms with Crippen LogP contribution in [0.3, 0.4) is 0 Å². The van der Waals surface area contributed by atoms with E-state index >= 15 is 0 Å². The number of nitrogens with two attached hydrogens (primary N) is 1. The number of nitriles is 1. The van der Waals surface area contributed by atoms with Crippen molar-refractivity contribution in [2.45, 2.75) is 96.5 Å². The lowest BCUT2D eigenvalue weighted by molar-refractivity contribution is -0.216. The number of pyridine rings is 1. The largest absolute Gasteiger partial charge is 0.489 e. The number of primary amides is 1. The fourth-order valence-electron chi connectivity index (χ4n) is 11.9. The van der Waals surface area contributed by atoms with Gasteiger partial charge in [0.05, 0.1) is 33.3 Å². The minimum atomic E-state index is -1.11. The summed E-state index contributed by atoms with van der Waals surface area (Å²) in [6.45, 7) is 12.4. The number of benzene rings is 2. The van der Waals surface area contributed by atoms with Crippen LogP contribution in [0.25, 0.3) is 0 Å². The number of imide groups is 2. The number of aromatic nitrogens is 1. The molecule has 318 valence electrons. The van der Waals surface area contributed by atoms with E-state index in [1.807, 2.05) is 52.0 Å². The maximum Gasteiger partial charge on any atom is 0.262 e. The quantitative estimate of drug-likeness (QED) is 0.278. The number of carbonyl (C=O) groups is 5. The van der Waals surface area contributed by atoms with Gasteiger partial charge in [-0.15, -0.1) is 0 Å². The van der Waals surface area contributed by atoms with Gasteiger partial charge in [0.25, 0.3) is 17.7 Å². The average Bonchev–Trinajstić information content (AvgIpc) is 3.65. The summed E-state index contributed by atoms with van der Waals surface area (Å²) in [4.78, 5) is 82.0. The molecule has 2 bridgehead atoms. The Kier molecular flexibility index (Phi) is 10.1. The van der Waals surface area contributed by atoms with Gasteiger partial charge in [-0.3, -0.25) is 38.7 Å². The van der Waals surface area contributed by atoms with Gasteiger partial charge in [-0.25, -0.2) is 4.98 Å². The normalized spacial score (nSPS) is 27.2. The van der Waals surface area contributed by atoms with E-state index in [0.29, 0.717) is 28.4 Å². The number of piperazine rings is 1. The van der Waals surface area contributed by atoms with Gasteiger partial charge in [-0.1, -0.05) is 39.3 Å². The molecule has 5 amide bonds. The molecule has 14 nitrogen and oxygen atoms in total. The van der Waals surface area contributed by atoms with Crippen LogP contribution in [0, 0.1) is 28.1 Å². The predicted molar refractivity (Wildman–Crippen MR) is 227 cm³/mol. The van der Waals surface area contributed by atoms with Crippen LogP contribution in [-0.4, -0.2) is 112 Å². The first-order valence-corrected chi connectivity index (χ1v) is 21.7. The molecule has 6 heterocycles. The smallest absolute Gasteiger partial charge is 0.262 e. The topological polar surface area (TPSA) is 173 Å². The van der Waals surface area contributed by atoms with Crippen LogP contribution in [-0.2, 0) is 9.59 Å². The Morgan fingerprint density at radius 3 is 2.20 bits per heavy atom. The summed E-state index contributed by atoms with van der Waals surface area (Å²) in [5, 5.41) is 9.57. The third-order valence-corrected chi connectivity index (χ3v) is 14.6. The average molecular weight is 847 g/mol. The Morgan fingerprint density at radius 2 is 1.57 bits per heavy atom. The molecule has 3 atom stereocenters. The molecule has 1 aromatic heterocycles. The molecule has 0 radical (unpaired) electrons. The van der Waals surface area contributed by atoms with Gasteiger partial charge in [-0.2, -0.15) is 5.26 Å². The molecule has 2 N–H and O–H groups in total. The zero-order valence-corrected chi connectivity index (χ0v) is 35.7. The third-order valence-electron chi connectivity index (χ3n) is 14.3. The molecule has 6 aliphatic rings. The van der Waals surface area contributed by atoms with E-state index in [4.69, 9.17) is 22.1 Å². The van der Waals surface area contributed by atoms with Crippen molar-refractivity contribution < 1.29 is 28.7 Å². The number of amides is 5. The second-order valence-corrected chi connectivity index (χ2v) is 19.3. The number of ether oxygens (including phenoxy) is 1. The lowest BCUT2D eigenvalue weighted by Crippen LogP contribution is -2.77. The number of carbonyl (C=O) groups excluding carboxylic acids is 5. The van der Waals surface area contributed by atoms with E-state index in [2.05, 4.69) is 19.7 Å². The number of likely N-dealkylation sites (tertiary alicyclic amines) is 2. The lowest BCUT2D eigenvalue weighted by atomic mass is 9.48. The number of anilines is 2. The molecule has 0 unspecified atom stereocenters. The fraction of sp³-hybridized carbons (Fsp3) is 0.500. The highest BCUT2D eigenvalue weighted by Gasteiger charge is 2.68. The third kappa shape index (κ3) is 6.81. The summed E-state index contributed by atoms with van der Waals surface area (Å²) in [5.41, 5.74) is 6.21. The van der Waals surface area contributed by atoms with Gasteiger partial charge in [0, 0.05) is 80.0 Å². The number of nitrogens with zero attached hydrogens (tertiary/aromatic N) is 7. The van der Waals surface area contributed by atoms with Crippen molar-refractivity contribution in [3.8, 4) is 11.8 Å². The molecular weight excluding hydrogens is 796 g/mol. The molecule has 3 aromatic rings. The molecule has 5 fully saturated rings. The zero-order chi connectivity index (χ0) is 43.1. The Labute approximate surface area is 360 Å². The van der Waals surface area contributed by atoms with E-state index in [9.17, 15) is 29.2 Å². The zero-order valence-electron chi connectivity index (χ0n) is 35.0. The summed E-state index contributed by atoms with van der Waals surface area (Å²) >= 11 is 6.29. The fourth-order valence-corrected chi connectivity index (χ4v) is 12.1. The minimum absolute atomic E-state index is 0.0185. The number of piperidine rings is 2. The standard InChI is InChI=1S/C46H51ClN8O6/c1-45(2)43(46(3,4)44(45)61-32-10-5-27(21-48)35(47)20-32)55-38(56)14-12-36(42(55)60)54-40(58)33-11-9-29(19-34(33)41(54)59)53-30-7-8-31(53)25-51(24-30)23-26-15-17-52(18-16-26)37-13-6-28(22-50-37)39(49)57/h5-6,9-11,13,19-20,22,26,30-31,36,43-44H,7-8,12,14-18,23-25H2,1-4H3,(H2,49,57)/t30-,31-,36-,43?,44?/m1/s1. The van der Waals surface area contributed by atoms with Gasteiger partial charge in [-0.05, 0) is 80.5 Å². The van der Waals surface area contributed by atoms with Crippen LogP contribution >= 0.6 is 11.6 Å². The van der Waals surface area contributed by atoms with Crippen molar-refractivity contribution >= 4 is 52.6 Å². The van der Waals surface area contributed by atoms with Crippen molar-refractivity contribution in [2.24, 2.45) is 22.5 Å². The van der Waals surface area contributed by atoms with Crippen molar-refractivity contribution in [1.82, 2.24) is 19.7 Å². The van der Waals surface area contributed by atoms with Crippen LogP contribution in [0.1, 0.15) is 103 Å². The van der Waals surface area contributed by atoms with Gasteiger partial charge < -0.3 is 20.3 Å². The van der Waals surface area contributed by atoms with Crippen molar-refractivity contribution in [3.63, 3.8) is 0 Å². The van der Waals surface area contributed by atoms with E-state index in [0.717, 1.165) is 74.8 Å². The van der Waals surface area contributed by atoms with Crippen molar-refractivity contribution in [3.05, 3.63) is 82.0 Å². The van der Waals surface area contributed by atoms with Crippen molar-refractivity contribution in [2.75, 3.05) is 42.5 Å². The SMILES string of the molecule is CC1(C)C(Oc2ccc(C#N)c(Cl)c2)C(C)(C)C1N1C(=O)CC[C@@H](N2C(=O)c3ccc(N4[C@@H]5CC[C@@H]4CN(CC4CCN(c6ccc(C(N)=O)cn6)CC4)C5)cc3C2=O)C1=O. The Hall–Kier alpha value is -5.52. The maximum absolute atomic E-state index is 14.5. The number of hydrogen-bond donors (Lipinski definition) is 1. The predicted octanol–water partition coefficient (Wildman–Crippen LogP) is 5.27. The van der Waals surface area contributed by atoms with Gasteiger partial charge >= 0.3 is 0 Å². The Bertz CT molecular complexity index is 2340. The van der Waals surface area contributed by atoms with E-state index in [1.165, 1.54) is 4.90 Å². The highest BCUT2D eigenvalue weighted by atomic mass is 35.5. The molecule has 61 heavy (non-hydrogen) atoms. The molecule has 0 spiro atoms. The monoisotopic (exact) mass is 846 g/mol. The first-order chi connectivity index (χ1) is 29.1. The number of fused-ring (bicyclic) bond motifs is 3. The highest BCUT2D eigenvalue weighted by Crippen LogP contribution is 2.59. The van der Waals surface area contributed by atoms with E-state index in [1.54, 1.807) is 36.5 Å². The molecular formula is C46H51ClN8O6. The summed E-state index contributed by atoms with van der Waals surface area (Å²) in [7, 11) is 0. The number of halogens is 1. The van der Waals surface area contributed by atoms with Crippen molar-refractivity contribution in [1.29, 1.82) is 5.26 Å². The highest BCUT2D eigenvalue weighted by molar-refractivity contribution is 6.31. The molecule has 5 aliphatic heterocycles. The van der Waals surface area contributed by atoms with Crippen LogP contribution in [0.5, 0.6) is 5.75 Å². The van der Waals surface area contributed by atoms with Crippen LogP contribution < -0.4 is 20.3 Å². The lowest BCUT2D eigenvalue weighted by Gasteiger charge is -2.65. The molecule has 15 heteroatoms. The van der Waals surface area contributed by atoms with Crippen LogP contribution in [0.2, 0.25) is 5.02 Å². The molecule has 4 saturated heterocycles. The van der Waals surface area contributed by atoms with E-state index < -0.39 is 52.6 Å².